The van der Waals surface area contributed by atoms with E-state index in [1.54, 1.807) is 12.4 Å². The molecule has 0 radical (unpaired) electrons. The van der Waals surface area contributed by atoms with Crippen LogP contribution >= 0.6 is 15.9 Å². The maximum atomic E-state index is 5.51. The summed E-state index contributed by atoms with van der Waals surface area (Å²) in [5, 5.41) is 7.43. The van der Waals surface area contributed by atoms with E-state index in [9.17, 15) is 0 Å². The standard InChI is InChI=1S/C15H20BrN5O2/c1-9(2)13-20-14(23-21-13)12(10-3-5-22-6-4-10)19-15-17-7-11(16)8-18-15/h7-10,12H,3-6H2,1-2H3,(H,17,18,19). The zero-order valence-corrected chi connectivity index (χ0v) is 14.8. The largest absolute Gasteiger partial charge is 0.381 e. The van der Waals surface area contributed by atoms with Crippen LogP contribution in [0, 0.1) is 5.92 Å². The van der Waals surface area contributed by atoms with Crippen LogP contribution in [0.2, 0.25) is 0 Å². The molecule has 1 atom stereocenters. The molecule has 3 heterocycles. The average molecular weight is 382 g/mol. The third kappa shape index (κ3) is 4.06. The van der Waals surface area contributed by atoms with Gasteiger partial charge in [-0.15, -0.1) is 0 Å². The zero-order valence-electron chi connectivity index (χ0n) is 13.2. The van der Waals surface area contributed by atoms with Gasteiger partial charge < -0.3 is 14.6 Å². The van der Waals surface area contributed by atoms with Crippen molar-refractivity contribution < 1.29 is 9.26 Å². The molecule has 1 aliphatic rings. The highest BCUT2D eigenvalue weighted by Crippen LogP contribution is 2.32. The van der Waals surface area contributed by atoms with Crippen molar-refractivity contribution >= 4 is 21.9 Å². The number of nitrogens with zero attached hydrogens (tertiary/aromatic N) is 4. The Labute approximate surface area is 143 Å². The third-order valence-electron chi connectivity index (χ3n) is 3.88. The van der Waals surface area contributed by atoms with E-state index in [1.165, 1.54) is 0 Å². The molecular formula is C15H20BrN5O2. The Bertz CT molecular complexity index is 625. The molecule has 8 heteroatoms. The van der Waals surface area contributed by atoms with Crippen molar-refractivity contribution in [3.63, 3.8) is 0 Å². The molecule has 124 valence electrons. The first kappa shape index (κ1) is 16.3. The van der Waals surface area contributed by atoms with Crippen LogP contribution in [0.15, 0.2) is 21.4 Å². The summed E-state index contributed by atoms with van der Waals surface area (Å²) in [4.78, 5) is 13.1. The summed E-state index contributed by atoms with van der Waals surface area (Å²) in [5.74, 6) is 2.43. The Hall–Kier alpha value is -1.54. The van der Waals surface area contributed by atoms with E-state index in [0.29, 0.717) is 17.8 Å². The minimum absolute atomic E-state index is 0.111. The van der Waals surface area contributed by atoms with Crippen LogP contribution in [0.4, 0.5) is 5.95 Å². The summed E-state index contributed by atoms with van der Waals surface area (Å²) >= 11 is 3.34. The van der Waals surface area contributed by atoms with Gasteiger partial charge in [-0.25, -0.2) is 9.97 Å². The predicted octanol–water partition coefficient (Wildman–Crippen LogP) is 3.33. The topological polar surface area (TPSA) is 86.0 Å². The van der Waals surface area contributed by atoms with Crippen molar-refractivity contribution in [1.29, 1.82) is 0 Å². The SMILES string of the molecule is CC(C)c1noc(C(Nc2ncc(Br)cn2)C2CCOCC2)n1. The lowest BCUT2D eigenvalue weighted by Gasteiger charge is -2.28. The van der Waals surface area contributed by atoms with Crippen molar-refractivity contribution in [3.8, 4) is 0 Å². The molecule has 1 fully saturated rings. The van der Waals surface area contributed by atoms with Crippen molar-refractivity contribution in [1.82, 2.24) is 20.1 Å². The highest BCUT2D eigenvalue weighted by Gasteiger charge is 2.31. The fraction of sp³-hybridized carbons (Fsp3) is 0.600. The van der Waals surface area contributed by atoms with Gasteiger partial charge in [-0.3, -0.25) is 0 Å². The molecule has 0 saturated carbocycles. The minimum atomic E-state index is -0.111. The number of nitrogens with one attached hydrogen (secondary N) is 1. The van der Waals surface area contributed by atoms with Gasteiger partial charge in [-0.05, 0) is 34.7 Å². The molecule has 3 rings (SSSR count). The number of hydrogen-bond donors (Lipinski definition) is 1. The van der Waals surface area contributed by atoms with Gasteiger partial charge in [0.1, 0.15) is 6.04 Å². The summed E-state index contributed by atoms with van der Waals surface area (Å²) in [7, 11) is 0. The number of rotatable bonds is 5. The zero-order chi connectivity index (χ0) is 16.2. The molecule has 1 unspecified atom stereocenters. The first-order chi connectivity index (χ1) is 11.1. The smallest absolute Gasteiger partial charge is 0.249 e. The fourth-order valence-corrected chi connectivity index (χ4v) is 2.77. The number of ether oxygens (including phenoxy) is 1. The Kier molecular flexibility index (Phi) is 5.22. The molecule has 1 aliphatic heterocycles. The number of halogens is 1. The Morgan fingerprint density at radius 1 is 1.22 bits per heavy atom. The summed E-state index contributed by atoms with van der Waals surface area (Å²) in [6.45, 7) is 5.58. The molecule has 7 nitrogen and oxygen atoms in total. The molecule has 2 aromatic heterocycles. The third-order valence-corrected chi connectivity index (χ3v) is 4.29. The van der Waals surface area contributed by atoms with E-state index >= 15 is 0 Å². The molecule has 0 spiro atoms. The van der Waals surface area contributed by atoms with Crippen molar-refractivity contribution in [2.75, 3.05) is 18.5 Å². The minimum Gasteiger partial charge on any atom is -0.381 e. The maximum absolute atomic E-state index is 5.51. The van der Waals surface area contributed by atoms with Gasteiger partial charge in [-0.1, -0.05) is 19.0 Å². The molecule has 0 amide bonds. The van der Waals surface area contributed by atoms with Crippen molar-refractivity contribution in [2.24, 2.45) is 5.92 Å². The Morgan fingerprint density at radius 2 is 1.91 bits per heavy atom. The van der Waals surface area contributed by atoms with Gasteiger partial charge in [0, 0.05) is 31.5 Å². The molecule has 1 N–H and O–H groups in total. The van der Waals surface area contributed by atoms with E-state index in [4.69, 9.17) is 9.26 Å². The molecule has 0 aliphatic carbocycles. The van der Waals surface area contributed by atoms with Crippen LogP contribution in [0.5, 0.6) is 0 Å². The average Bonchev–Trinajstić information content (AvgIpc) is 3.05. The summed E-state index contributed by atoms with van der Waals surface area (Å²) in [6.07, 6.45) is 5.30. The number of aromatic nitrogens is 4. The van der Waals surface area contributed by atoms with Crippen molar-refractivity contribution in [3.05, 3.63) is 28.6 Å². The van der Waals surface area contributed by atoms with Crippen LogP contribution in [-0.2, 0) is 4.74 Å². The lowest BCUT2D eigenvalue weighted by molar-refractivity contribution is 0.0570. The van der Waals surface area contributed by atoms with Crippen LogP contribution < -0.4 is 5.32 Å². The van der Waals surface area contributed by atoms with E-state index in [2.05, 4.69) is 41.4 Å². The predicted molar refractivity (Wildman–Crippen MR) is 88.0 cm³/mol. The van der Waals surface area contributed by atoms with Crippen LogP contribution in [0.1, 0.15) is 50.4 Å². The van der Waals surface area contributed by atoms with E-state index in [-0.39, 0.29) is 12.0 Å². The van der Waals surface area contributed by atoms with Gasteiger partial charge in [0.25, 0.3) is 0 Å². The van der Waals surface area contributed by atoms with Gasteiger partial charge in [-0.2, -0.15) is 4.98 Å². The molecule has 1 saturated heterocycles. The summed E-state index contributed by atoms with van der Waals surface area (Å²) in [6, 6.07) is -0.111. The Balaban J connectivity index is 1.84. The summed E-state index contributed by atoms with van der Waals surface area (Å²) < 4.78 is 11.8. The lowest BCUT2D eigenvalue weighted by Crippen LogP contribution is -2.28. The van der Waals surface area contributed by atoms with Crippen LogP contribution in [-0.4, -0.2) is 33.3 Å². The normalized spacial score (nSPS) is 17.4. The maximum Gasteiger partial charge on any atom is 0.249 e. The number of hydrogen-bond acceptors (Lipinski definition) is 7. The quantitative estimate of drug-likeness (QED) is 0.849. The van der Waals surface area contributed by atoms with Crippen LogP contribution in [0.25, 0.3) is 0 Å². The highest BCUT2D eigenvalue weighted by atomic mass is 79.9. The molecule has 0 aromatic carbocycles. The van der Waals surface area contributed by atoms with E-state index in [0.717, 1.165) is 36.4 Å². The lowest BCUT2D eigenvalue weighted by atomic mass is 9.91. The molecule has 0 bridgehead atoms. The number of anilines is 1. The highest BCUT2D eigenvalue weighted by molar-refractivity contribution is 9.10. The first-order valence-electron chi connectivity index (χ1n) is 7.79. The Morgan fingerprint density at radius 3 is 2.52 bits per heavy atom. The second-order valence-corrected chi connectivity index (χ2v) is 6.86. The second-order valence-electron chi connectivity index (χ2n) is 5.94. The fourth-order valence-electron chi connectivity index (χ4n) is 2.56. The van der Waals surface area contributed by atoms with Gasteiger partial charge in [0.2, 0.25) is 11.8 Å². The van der Waals surface area contributed by atoms with Gasteiger partial charge in [0.15, 0.2) is 5.82 Å². The van der Waals surface area contributed by atoms with Gasteiger partial charge >= 0.3 is 0 Å². The molecule has 23 heavy (non-hydrogen) atoms. The van der Waals surface area contributed by atoms with Crippen LogP contribution in [0.3, 0.4) is 0 Å². The van der Waals surface area contributed by atoms with Gasteiger partial charge in [0.05, 0.1) is 4.47 Å². The first-order valence-corrected chi connectivity index (χ1v) is 8.58. The van der Waals surface area contributed by atoms with E-state index in [1.807, 2.05) is 13.8 Å². The molecular weight excluding hydrogens is 362 g/mol. The van der Waals surface area contributed by atoms with E-state index < -0.39 is 0 Å². The summed E-state index contributed by atoms with van der Waals surface area (Å²) in [5.41, 5.74) is 0. The second kappa shape index (κ2) is 7.35. The molecule has 2 aromatic rings. The van der Waals surface area contributed by atoms with Crippen molar-refractivity contribution in [2.45, 2.75) is 38.6 Å². The monoisotopic (exact) mass is 381 g/mol.